The molecule has 0 fully saturated rings. The van der Waals surface area contributed by atoms with Crippen LogP contribution in [-0.4, -0.2) is 24.2 Å². The summed E-state index contributed by atoms with van der Waals surface area (Å²) in [5.41, 5.74) is 3.05. The number of rotatable bonds is 4. The van der Waals surface area contributed by atoms with E-state index in [-0.39, 0.29) is 12.5 Å². The van der Waals surface area contributed by atoms with E-state index in [1.54, 1.807) is 11.1 Å². The number of hydrogen-bond donors (Lipinski definition) is 0. The van der Waals surface area contributed by atoms with Crippen molar-refractivity contribution in [3.05, 3.63) is 66.4 Å². The molecular weight excluding hydrogens is 304 g/mol. The quantitative estimate of drug-likeness (QED) is 0.740. The van der Waals surface area contributed by atoms with Crippen molar-refractivity contribution in [1.82, 2.24) is 5.16 Å². The predicted molar refractivity (Wildman–Crippen MR) is 89.9 cm³/mol. The van der Waals surface area contributed by atoms with Gasteiger partial charge in [-0.2, -0.15) is 0 Å². The van der Waals surface area contributed by atoms with Gasteiger partial charge in [0.2, 0.25) is 0 Å². The van der Waals surface area contributed by atoms with E-state index in [0.29, 0.717) is 12.3 Å². The number of hydrogen-bond acceptors (Lipinski definition) is 4. The molecule has 0 radical (unpaired) electrons. The van der Waals surface area contributed by atoms with Crippen molar-refractivity contribution in [2.75, 3.05) is 18.1 Å². The Morgan fingerprint density at radius 2 is 2.04 bits per heavy atom. The number of amides is 1. The molecule has 0 saturated heterocycles. The highest BCUT2D eigenvalue weighted by atomic mass is 16.5. The Bertz CT molecular complexity index is 844. The van der Waals surface area contributed by atoms with E-state index in [1.165, 1.54) is 0 Å². The van der Waals surface area contributed by atoms with Gasteiger partial charge in [-0.05, 0) is 42.3 Å². The molecule has 0 spiro atoms. The third kappa shape index (κ3) is 2.76. The minimum atomic E-state index is -0.0370. The van der Waals surface area contributed by atoms with Gasteiger partial charge in [-0.1, -0.05) is 23.4 Å². The van der Waals surface area contributed by atoms with Gasteiger partial charge in [0, 0.05) is 23.9 Å². The van der Waals surface area contributed by atoms with Crippen LogP contribution in [0.2, 0.25) is 0 Å². The smallest absolute Gasteiger partial charge is 0.264 e. The molecule has 1 amide bonds. The molecule has 1 aliphatic rings. The second-order valence-electron chi connectivity index (χ2n) is 5.62. The lowest BCUT2D eigenvalue weighted by molar-refractivity contribution is -0.120. The van der Waals surface area contributed by atoms with Gasteiger partial charge in [-0.15, -0.1) is 0 Å². The number of aromatic nitrogens is 1. The lowest BCUT2D eigenvalue weighted by Crippen LogP contribution is -2.33. The zero-order valence-corrected chi connectivity index (χ0v) is 13.0. The number of nitrogens with zero attached hydrogens (tertiary/aromatic N) is 2. The number of carbonyl (C=O) groups excluding carboxylic acids is 1. The van der Waals surface area contributed by atoms with Crippen LogP contribution in [0, 0.1) is 0 Å². The van der Waals surface area contributed by atoms with Crippen molar-refractivity contribution >= 4 is 11.6 Å². The van der Waals surface area contributed by atoms with Crippen molar-refractivity contribution in [3.63, 3.8) is 0 Å². The molecule has 0 N–H and O–H groups in total. The first-order valence-electron chi connectivity index (χ1n) is 7.83. The van der Waals surface area contributed by atoms with Gasteiger partial charge >= 0.3 is 0 Å². The molecule has 0 saturated carbocycles. The van der Waals surface area contributed by atoms with Crippen LogP contribution in [0.25, 0.3) is 11.3 Å². The lowest BCUT2D eigenvalue weighted by Gasteiger charge is -2.17. The molecule has 5 nitrogen and oxygen atoms in total. The van der Waals surface area contributed by atoms with Crippen LogP contribution < -0.4 is 9.64 Å². The summed E-state index contributed by atoms with van der Waals surface area (Å²) < 4.78 is 10.8. The summed E-state index contributed by atoms with van der Waals surface area (Å²) in [5.74, 6) is 1.39. The van der Waals surface area contributed by atoms with Gasteiger partial charge in [-0.25, -0.2) is 0 Å². The fourth-order valence-corrected chi connectivity index (χ4v) is 2.92. The third-order valence-corrected chi connectivity index (χ3v) is 4.10. The molecule has 5 heteroatoms. The minimum absolute atomic E-state index is 0.0350. The second kappa shape index (κ2) is 6.20. The maximum absolute atomic E-state index is 12.5. The van der Waals surface area contributed by atoms with E-state index in [4.69, 9.17) is 9.26 Å². The molecule has 0 atom stereocenters. The summed E-state index contributed by atoms with van der Waals surface area (Å²) in [6.45, 7) is 0.708. The van der Waals surface area contributed by atoms with Crippen molar-refractivity contribution in [3.8, 4) is 17.1 Å². The van der Waals surface area contributed by atoms with Crippen LogP contribution in [0.15, 0.2) is 65.3 Å². The Morgan fingerprint density at radius 1 is 1.17 bits per heavy atom. The molecule has 1 aliphatic heterocycles. The SMILES string of the molecule is O=C(COc1ccccc1)N1CCc2cc(-c3ccno3)ccc21. The first-order chi connectivity index (χ1) is 11.8. The average molecular weight is 320 g/mol. The van der Waals surface area contributed by atoms with Crippen LogP contribution in [0.1, 0.15) is 5.56 Å². The summed E-state index contributed by atoms with van der Waals surface area (Å²) in [6, 6.07) is 17.2. The molecule has 4 rings (SSSR count). The maximum Gasteiger partial charge on any atom is 0.264 e. The number of anilines is 1. The Hall–Kier alpha value is -3.08. The van der Waals surface area contributed by atoms with Crippen molar-refractivity contribution < 1.29 is 14.1 Å². The van der Waals surface area contributed by atoms with Gasteiger partial charge in [-0.3, -0.25) is 4.79 Å². The van der Waals surface area contributed by atoms with E-state index in [0.717, 1.165) is 29.0 Å². The van der Waals surface area contributed by atoms with E-state index in [1.807, 2.05) is 48.5 Å². The van der Waals surface area contributed by atoms with E-state index < -0.39 is 0 Å². The number of para-hydroxylation sites is 1. The van der Waals surface area contributed by atoms with Gasteiger partial charge in [0.05, 0.1) is 6.20 Å². The zero-order valence-electron chi connectivity index (χ0n) is 13.0. The van der Waals surface area contributed by atoms with Gasteiger partial charge in [0.25, 0.3) is 5.91 Å². The van der Waals surface area contributed by atoms with Crippen LogP contribution in [-0.2, 0) is 11.2 Å². The summed E-state index contributed by atoms with van der Waals surface area (Å²) in [7, 11) is 0. The number of fused-ring (bicyclic) bond motifs is 1. The van der Waals surface area contributed by atoms with E-state index >= 15 is 0 Å². The molecule has 3 aromatic rings. The predicted octanol–water partition coefficient (Wildman–Crippen LogP) is 3.31. The van der Waals surface area contributed by atoms with Crippen molar-refractivity contribution in [2.45, 2.75) is 6.42 Å². The summed E-state index contributed by atoms with van der Waals surface area (Å²) in [5, 5.41) is 3.73. The van der Waals surface area contributed by atoms with Crippen LogP contribution in [0.5, 0.6) is 5.75 Å². The minimum Gasteiger partial charge on any atom is -0.484 e. The molecule has 1 aromatic heterocycles. The monoisotopic (exact) mass is 320 g/mol. The van der Waals surface area contributed by atoms with Crippen molar-refractivity contribution in [1.29, 1.82) is 0 Å². The molecule has 24 heavy (non-hydrogen) atoms. The molecule has 0 unspecified atom stereocenters. The van der Waals surface area contributed by atoms with Gasteiger partial charge < -0.3 is 14.2 Å². The number of benzene rings is 2. The fraction of sp³-hybridized carbons (Fsp3) is 0.158. The molecule has 0 bridgehead atoms. The van der Waals surface area contributed by atoms with Crippen LogP contribution >= 0.6 is 0 Å². The van der Waals surface area contributed by atoms with E-state index in [9.17, 15) is 4.79 Å². The summed E-state index contributed by atoms with van der Waals surface area (Å²) in [6.07, 6.45) is 2.45. The third-order valence-electron chi connectivity index (χ3n) is 4.10. The van der Waals surface area contributed by atoms with Crippen LogP contribution in [0.4, 0.5) is 5.69 Å². The van der Waals surface area contributed by atoms with Crippen LogP contribution in [0.3, 0.4) is 0 Å². The second-order valence-corrected chi connectivity index (χ2v) is 5.62. The topological polar surface area (TPSA) is 55.6 Å². The standard InChI is InChI=1S/C19H16N2O3/c22-19(13-23-16-4-2-1-3-5-16)21-11-9-14-12-15(6-7-17(14)21)18-8-10-20-24-18/h1-8,10,12H,9,11,13H2. The Kier molecular flexibility index (Phi) is 3.75. The summed E-state index contributed by atoms with van der Waals surface area (Å²) >= 11 is 0. The maximum atomic E-state index is 12.5. The van der Waals surface area contributed by atoms with Gasteiger partial charge in [0.15, 0.2) is 12.4 Å². The average Bonchev–Trinajstić information content (AvgIpc) is 3.29. The number of ether oxygens (including phenoxy) is 1. The Labute approximate surface area is 139 Å². The highest BCUT2D eigenvalue weighted by Gasteiger charge is 2.25. The highest BCUT2D eigenvalue weighted by molar-refractivity contribution is 5.96. The summed E-state index contributed by atoms with van der Waals surface area (Å²) in [4.78, 5) is 14.2. The molecule has 120 valence electrons. The fourth-order valence-electron chi connectivity index (χ4n) is 2.92. The van der Waals surface area contributed by atoms with Crippen molar-refractivity contribution in [2.24, 2.45) is 0 Å². The molecule has 2 heterocycles. The normalized spacial score (nSPS) is 12.9. The Balaban J connectivity index is 1.48. The number of carbonyl (C=O) groups is 1. The van der Waals surface area contributed by atoms with E-state index in [2.05, 4.69) is 11.2 Å². The largest absolute Gasteiger partial charge is 0.484 e. The van der Waals surface area contributed by atoms with Gasteiger partial charge in [0.1, 0.15) is 5.75 Å². The zero-order chi connectivity index (χ0) is 16.4. The molecular formula is C19H16N2O3. The molecule has 2 aromatic carbocycles. The lowest BCUT2D eigenvalue weighted by atomic mass is 10.1. The first kappa shape index (κ1) is 14.5. The molecule has 0 aliphatic carbocycles. The highest BCUT2D eigenvalue weighted by Crippen LogP contribution is 2.32. The Morgan fingerprint density at radius 3 is 2.83 bits per heavy atom. The first-order valence-corrected chi connectivity index (χ1v) is 7.83.